The predicted molar refractivity (Wildman–Crippen MR) is 108 cm³/mol. The van der Waals surface area contributed by atoms with Crippen LogP contribution in [0.25, 0.3) is 27.9 Å². The zero-order valence-electron chi connectivity index (χ0n) is 16.2. The summed E-state index contributed by atoms with van der Waals surface area (Å²) in [7, 11) is 0. The first-order valence-corrected chi connectivity index (χ1v) is 9.60. The van der Waals surface area contributed by atoms with E-state index in [1.165, 1.54) is 15.6 Å². The van der Waals surface area contributed by atoms with Crippen molar-refractivity contribution in [3.63, 3.8) is 0 Å². The number of benzene rings is 1. The van der Waals surface area contributed by atoms with Crippen molar-refractivity contribution in [1.29, 1.82) is 0 Å². The number of hydrogen-bond donors (Lipinski definition) is 0. The molecule has 0 saturated heterocycles. The molecule has 0 fully saturated rings. The largest absolute Gasteiger partial charge is 0.465 e. The second-order valence-corrected chi connectivity index (χ2v) is 6.50. The van der Waals surface area contributed by atoms with E-state index in [-0.39, 0.29) is 36.6 Å². The van der Waals surface area contributed by atoms with Crippen molar-refractivity contribution in [3.05, 3.63) is 41.6 Å². The minimum absolute atomic E-state index is 0.0552. The van der Waals surface area contributed by atoms with Gasteiger partial charge in [-0.3, -0.25) is 4.79 Å². The van der Waals surface area contributed by atoms with E-state index in [9.17, 15) is 9.59 Å². The molecule has 0 aliphatic heterocycles. The van der Waals surface area contributed by atoms with E-state index in [2.05, 4.69) is 20.1 Å². The summed E-state index contributed by atoms with van der Waals surface area (Å²) in [6.45, 7) is 3.86. The van der Waals surface area contributed by atoms with Crippen LogP contribution < -0.4 is 0 Å². The summed E-state index contributed by atoms with van der Waals surface area (Å²) in [5, 5.41) is 4.97. The Labute approximate surface area is 175 Å². The van der Waals surface area contributed by atoms with Crippen LogP contribution in [0.1, 0.15) is 24.3 Å². The standard InChI is InChI=1S/C19H17ClN6O4/c1-3-29-13(27)9-25-10-21-15-16(25)22-19(20)23-17(15)26-12-8-6-5-7-11(12)14(24-26)18(28)30-4-2/h5-8,10H,3-4,9H2,1-2H3. The van der Waals surface area contributed by atoms with Crippen LogP contribution in [-0.4, -0.2) is 54.5 Å². The number of aromatic nitrogens is 6. The Hall–Kier alpha value is -3.53. The van der Waals surface area contributed by atoms with Gasteiger partial charge in [-0.05, 0) is 31.5 Å². The SMILES string of the molecule is CCOC(=O)Cn1cnc2c(-n3nc(C(=O)OCC)c4ccccc43)nc(Cl)nc21. The maximum Gasteiger partial charge on any atom is 0.359 e. The highest BCUT2D eigenvalue weighted by Gasteiger charge is 2.23. The maximum absolute atomic E-state index is 12.4. The van der Waals surface area contributed by atoms with Crippen molar-refractivity contribution in [2.45, 2.75) is 20.4 Å². The van der Waals surface area contributed by atoms with Gasteiger partial charge in [-0.15, -0.1) is 0 Å². The molecule has 3 aromatic heterocycles. The molecule has 4 aromatic rings. The minimum atomic E-state index is -0.545. The van der Waals surface area contributed by atoms with E-state index in [0.717, 1.165) is 0 Å². The summed E-state index contributed by atoms with van der Waals surface area (Å²) < 4.78 is 13.1. The fourth-order valence-corrected chi connectivity index (χ4v) is 3.25. The number of para-hydroxylation sites is 1. The van der Waals surface area contributed by atoms with Crippen LogP contribution in [0.3, 0.4) is 0 Å². The molecular weight excluding hydrogens is 412 g/mol. The fraction of sp³-hybridized carbons (Fsp3) is 0.263. The van der Waals surface area contributed by atoms with Crippen molar-refractivity contribution < 1.29 is 19.1 Å². The van der Waals surface area contributed by atoms with Crippen LogP contribution in [0.5, 0.6) is 0 Å². The van der Waals surface area contributed by atoms with Crippen LogP contribution in [0.15, 0.2) is 30.6 Å². The highest BCUT2D eigenvalue weighted by Crippen LogP contribution is 2.26. The number of hydrogen-bond acceptors (Lipinski definition) is 8. The minimum Gasteiger partial charge on any atom is -0.465 e. The maximum atomic E-state index is 12.4. The van der Waals surface area contributed by atoms with Gasteiger partial charge in [0.1, 0.15) is 6.54 Å². The van der Waals surface area contributed by atoms with Gasteiger partial charge < -0.3 is 14.0 Å². The number of carbonyl (C=O) groups is 2. The molecular formula is C19H17ClN6O4. The number of esters is 2. The quantitative estimate of drug-likeness (QED) is 0.340. The number of carbonyl (C=O) groups excluding carboxylic acids is 2. The van der Waals surface area contributed by atoms with Crippen LogP contribution in [-0.2, 0) is 20.8 Å². The molecule has 1 aromatic carbocycles. The van der Waals surface area contributed by atoms with Crippen LogP contribution in [0.2, 0.25) is 5.28 Å². The lowest BCUT2D eigenvalue weighted by Gasteiger charge is -2.06. The summed E-state index contributed by atoms with van der Waals surface area (Å²) in [5.41, 5.74) is 1.49. The normalized spacial score (nSPS) is 11.2. The number of rotatable bonds is 6. The van der Waals surface area contributed by atoms with Crippen molar-refractivity contribution in [3.8, 4) is 5.82 Å². The molecule has 30 heavy (non-hydrogen) atoms. The summed E-state index contributed by atoms with van der Waals surface area (Å²) in [4.78, 5) is 37.1. The Morgan fingerprint density at radius 2 is 1.87 bits per heavy atom. The molecule has 0 aliphatic carbocycles. The van der Waals surface area contributed by atoms with Gasteiger partial charge in [-0.1, -0.05) is 18.2 Å². The number of nitrogens with zero attached hydrogens (tertiary/aromatic N) is 6. The lowest BCUT2D eigenvalue weighted by molar-refractivity contribution is -0.143. The molecule has 0 N–H and O–H groups in total. The molecule has 154 valence electrons. The first-order valence-electron chi connectivity index (χ1n) is 9.22. The number of imidazole rings is 1. The van der Waals surface area contributed by atoms with Crippen molar-refractivity contribution in [1.82, 2.24) is 29.3 Å². The summed E-state index contributed by atoms with van der Waals surface area (Å²) in [5.74, 6) is -0.696. The zero-order chi connectivity index (χ0) is 21.3. The molecule has 0 unspecified atom stereocenters. The summed E-state index contributed by atoms with van der Waals surface area (Å²) in [6, 6.07) is 7.18. The van der Waals surface area contributed by atoms with E-state index in [4.69, 9.17) is 21.1 Å². The lowest BCUT2D eigenvalue weighted by atomic mass is 10.2. The van der Waals surface area contributed by atoms with Gasteiger partial charge in [0.25, 0.3) is 0 Å². The van der Waals surface area contributed by atoms with Crippen molar-refractivity contribution >= 4 is 45.6 Å². The van der Waals surface area contributed by atoms with E-state index in [1.807, 2.05) is 6.07 Å². The summed E-state index contributed by atoms with van der Waals surface area (Å²) >= 11 is 6.16. The molecule has 11 heteroatoms. The summed E-state index contributed by atoms with van der Waals surface area (Å²) in [6.07, 6.45) is 1.45. The molecule has 0 aliphatic rings. The Kier molecular flexibility index (Phi) is 5.32. The van der Waals surface area contributed by atoms with Crippen molar-refractivity contribution in [2.24, 2.45) is 0 Å². The monoisotopic (exact) mass is 428 g/mol. The molecule has 0 radical (unpaired) electrons. The van der Waals surface area contributed by atoms with Gasteiger partial charge in [-0.25, -0.2) is 14.5 Å². The molecule has 4 rings (SSSR count). The molecule has 0 spiro atoms. The topological polar surface area (TPSA) is 114 Å². The molecule has 10 nitrogen and oxygen atoms in total. The second-order valence-electron chi connectivity index (χ2n) is 6.16. The van der Waals surface area contributed by atoms with Crippen molar-refractivity contribution in [2.75, 3.05) is 13.2 Å². The van der Waals surface area contributed by atoms with Gasteiger partial charge in [0, 0.05) is 5.39 Å². The average molecular weight is 429 g/mol. The van der Waals surface area contributed by atoms with E-state index >= 15 is 0 Å². The Morgan fingerprint density at radius 1 is 1.10 bits per heavy atom. The van der Waals surface area contributed by atoms with Gasteiger partial charge in [0.15, 0.2) is 22.7 Å². The van der Waals surface area contributed by atoms with Gasteiger partial charge in [-0.2, -0.15) is 15.1 Å². The van der Waals surface area contributed by atoms with E-state index in [1.54, 1.807) is 32.0 Å². The highest BCUT2D eigenvalue weighted by molar-refractivity contribution is 6.28. The highest BCUT2D eigenvalue weighted by atomic mass is 35.5. The Balaban J connectivity index is 1.90. The molecule has 0 atom stereocenters. The second kappa shape index (κ2) is 8.07. The first-order chi connectivity index (χ1) is 14.5. The molecule has 0 saturated carbocycles. The van der Waals surface area contributed by atoms with Gasteiger partial charge in [0.2, 0.25) is 5.28 Å². The molecule has 0 bridgehead atoms. The smallest absolute Gasteiger partial charge is 0.359 e. The molecule has 0 amide bonds. The Morgan fingerprint density at radius 3 is 2.63 bits per heavy atom. The predicted octanol–water partition coefficient (Wildman–Crippen LogP) is 2.56. The number of ether oxygens (including phenoxy) is 2. The van der Waals surface area contributed by atoms with Crippen LogP contribution >= 0.6 is 11.6 Å². The fourth-order valence-electron chi connectivity index (χ4n) is 3.09. The Bertz CT molecular complexity index is 1260. The van der Waals surface area contributed by atoms with Crippen LogP contribution in [0, 0.1) is 0 Å². The van der Waals surface area contributed by atoms with E-state index < -0.39 is 11.9 Å². The lowest BCUT2D eigenvalue weighted by Crippen LogP contribution is -2.13. The third-order valence-electron chi connectivity index (χ3n) is 4.28. The van der Waals surface area contributed by atoms with Gasteiger partial charge in [0.05, 0.1) is 25.1 Å². The van der Waals surface area contributed by atoms with Crippen LogP contribution in [0.4, 0.5) is 0 Å². The average Bonchev–Trinajstić information content (AvgIpc) is 3.30. The zero-order valence-corrected chi connectivity index (χ0v) is 17.0. The molecule has 3 heterocycles. The third kappa shape index (κ3) is 3.45. The number of halogens is 1. The first kappa shape index (κ1) is 19.8. The van der Waals surface area contributed by atoms with E-state index in [0.29, 0.717) is 22.1 Å². The van der Waals surface area contributed by atoms with Gasteiger partial charge >= 0.3 is 11.9 Å². The third-order valence-corrected chi connectivity index (χ3v) is 4.45. The number of fused-ring (bicyclic) bond motifs is 2.